The van der Waals surface area contributed by atoms with Crippen LogP contribution in [0.1, 0.15) is 52.4 Å². The predicted octanol–water partition coefficient (Wildman–Crippen LogP) is 1.83. The summed E-state index contributed by atoms with van der Waals surface area (Å²) in [5, 5.41) is 3.24. The van der Waals surface area contributed by atoms with Gasteiger partial charge in [-0.2, -0.15) is 0 Å². The Kier molecular flexibility index (Phi) is 4.51. The number of carbonyl (C=O) groups excluding carboxylic acids is 1. The Morgan fingerprint density at radius 2 is 1.79 bits per heavy atom. The SMILES string of the molecule is CC1(C)CCC(NC(=O)C2(CN)CCOCC2)CC1. The van der Waals surface area contributed by atoms with E-state index in [4.69, 9.17) is 10.5 Å². The molecule has 1 saturated carbocycles. The number of ether oxygens (including phenoxy) is 1. The first-order chi connectivity index (χ1) is 8.97. The van der Waals surface area contributed by atoms with Crippen LogP contribution in [-0.4, -0.2) is 31.7 Å². The fourth-order valence-corrected chi connectivity index (χ4v) is 3.17. The zero-order valence-corrected chi connectivity index (χ0v) is 12.3. The lowest BCUT2D eigenvalue weighted by atomic mass is 9.74. The van der Waals surface area contributed by atoms with Gasteiger partial charge in [-0.1, -0.05) is 13.8 Å². The van der Waals surface area contributed by atoms with E-state index >= 15 is 0 Å². The van der Waals surface area contributed by atoms with Crippen LogP contribution >= 0.6 is 0 Å². The van der Waals surface area contributed by atoms with Gasteiger partial charge in [-0.05, 0) is 43.9 Å². The highest BCUT2D eigenvalue weighted by atomic mass is 16.5. The molecule has 0 atom stereocenters. The van der Waals surface area contributed by atoms with Crippen molar-refractivity contribution in [3.8, 4) is 0 Å². The van der Waals surface area contributed by atoms with Crippen molar-refractivity contribution in [3.63, 3.8) is 0 Å². The van der Waals surface area contributed by atoms with Crippen LogP contribution in [0.3, 0.4) is 0 Å². The fourth-order valence-electron chi connectivity index (χ4n) is 3.17. The number of hydrogen-bond donors (Lipinski definition) is 2. The van der Waals surface area contributed by atoms with E-state index in [1.807, 2.05) is 0 Å². The molecule has 2 aliphatic rings. The maximum Gasteiger partial charge on any atom is 0.227 e. The van der Waals surface area contributed by atoms with E-state index in [1.54, 1.807) is 0 Å². The average Bonchev–Trinajstić information content (AvgIpc) is 2.42. The molecular formula is C15H28N2O2. The molecule has 2 fully saturated rings. The standard InChI is InChI=1S/C15H28N2O2/c1-14(2)5-3-12(4-6-14)17-13(18)15(11-16)7-9-19-10-8-15/h12H,3-11,16H2,1-2H3,(H,17,18). The minimum absolute atomic E-state index is 0.156. The highest BCUT2D eigenvalue weighted by Gasteiger charge is 2.40. The summed E-state index contributed by atoms with van der Waals surface area (Å²) >= 11 is 0. The number of rotatable bonds is 3. The molecule has 110 valence electrons. The van der Waals surface area contributed by atoms with Crippen molar-refractivity contribution >= 4 is 5.91 Å². The number of amides is 1. The maximum atomic E-state index is 12.5. The third kappa shape index (κ3) is 3.48. The van der Waals surface area contributed by atoms with Crippen molar-refractivity contribution < 1.29 is 9.53 Å². The number of nitrogens with one attached hydrogen (secondary N) is 1. The number of nitrogens with two attached hydrogens (primary N) is 1. The van der Waals surface area contributed by atoms with Crippen molar-refractivity contribution in [2.75, 3.05) is 19.8 Å². The van der Waals surface area contributed by atoms with Crippen LogP contribution in [0.2, 0.25) is 0 Å². The van der Waals surface area contributed by atoms with Gasteiger partial charge < -0.3 is 15.8 Å². The summed E-state index contributed by atoms with van der Waals surface area (Å²) in [6.45, 7) is 6.36. The Morgan fingerprint density at radius 3 is 2.32 bits per heavy atom. The number of hydrogen-bond acceptors (Lipinski definition) is 3. The van der Waals surface area contributed by atoms with E-state index in [0.717, 1.165) is 25.7 Å². The zero-order chi connectivity index (χ0) is 13.9. The lowest BCUT2D eigenvalue weighted by Gasteiger charge is -2.39. The molecule has 0 aromatic heterocycles. The molecule has 4 nitrogen and oxygen atoms in total. The molecule has 0 unspecified atom stereocenters. The second kappa shape index (κ2) is 5.80. The molecule has 19 heavy (non-hydrogen) atoms. The monoisotopic (exact) mass is 268 g/mol. The van der Waals surface area contributed by atoms with Crippen molar-refractivity contribution in [3.05, 3.63) is 0 Å². The predicted molar refractivity (Wildman–Crippen MR) is 75.7 cm³/mol. The highest BCUT2D eigenvalue weighted by Crippen LogP contribution is 2.36. The minimum Gasteiger partial charge on any atom is -0.381 e. The molecule has 0 aromatic carbocycles. The van der Waals surface area contributed by atoms with E-state index in [2.05, 4.69) is 19.2 Å². The van der Waals surface area contributed by atoms with E-state index < -0.39 is 0 Å². The van der Waals surface area contributed by atoms with Gasteiger partial charge in [-0.15, -0.1) is 0 Å². The second-order valence-electron chi connectivity index (χ2n) is 7.01. The molecule has 0 aromatic rings. The van der Waals surface area contributed by atoms with Crippen molar-refractivity contribution in [2.24, 2.45) is 16.6 Å². The topological polar surface area (TPSA) is 64.4 Å². The zero-order valence-electron chi connectivity index (χ0n) is 12.3. The third-order valence-electron chi connectivity index (χ3n) is 5.00. The summed E-state index contributed by atoms with van der Waals surface area (Å²) in [6, 6.07) is 0.340. The van der Waals surface area contributed by atoms with E-state index in [-0.39, 0.29) is 11.3 Å². The van der Waals surface area contributed by atoms with Gasteiger partial charge in [0.05, 0.1) is 5.41 Å². The first-order valence-electron chi connectivity index (χ1n) is 7.56. The first kappa shape index (κ1) is 14.8. The molecule has 0 radical (unpaired) electrons. The molecule has 2 rings (SSSR count). The minimum atomic E-state index is -0.384. The van der Waals surface area contributed by atoms with Gasteiger partial charge in [0.25, 0.3) is 0 Å². The first-order valence-corrected chi connectivity index (χ1v) is 7.56. The van der Waals surface area contributed by atoms with E-state index in [1.165, 1.54) is 12.8 Å². The molecule has 3 N–H and O–H groups in total. The molecular weight excluding hydrogens is 240 g/mol. The fraction of sp³-hybridized carbons (Fsp3) is 0.933. The van der Waals surface area contributed by atoms with Crippen LogP contribution in [-0.2, 0) is 9.53 Å². The Balaban J connectivity index is 1.89. The van der Waals surface area contributed by atoms with Gasteiger partial charge in [0.2, 0.25) is 5.91 Å². The van der Waals surface area contributed by atoms with E-state index in [9.17, 15) is 4.79 Å². The van der Waals surface area contributed by atoms with Gasteiger partial charge in [0.15, 0.2) is 0 Å². The Morgan fingerprint density at radius 1 is 1.21 bits per heavy atom. The summed E-state index contributed by atoms with van der Waals surface area (Å²) in [5.74, 6) is 0.156. The molecule has 1 amide bonds. The highest BCUT2D eigenvalue weighted by molar-refractivity contribution is 5.83. The van der Waals surface area contributed by atoms with E-state index in [0.29, 0.717) is 31.2 Å². The van der Waals surface area contributed by atoms with Gasteiger partial charge >= 0.3 is 0 Å². The second-order valence-corrected chi connectivity index (χ2v) is 7.01. The smallest absolute Gasteiger partial charge is 0.227 e. The molecule has 0 bridgehead atoms. The van der Waals surface area contributed by atoms with Crippen LogP contribution in [0, 0.1) is 10.8 Å². The number of carbonyl (C=O) groups is 1. The maximum absolute atomic E-state index is 12.5. The van der Waals surface area contributed by atoms with Gasteiger partial charge in [0.1, 0.15) is 0 Å². The molecule has 1 saturated heterocycles. The van der Waals surface area contributed by atoms with Crippen molar-refractivity contribution in [1.29, 1.82) is 0 Å². The van der Waals surface area contributed by atoms with Gasteiger partial charge in [0, 0.05) is 25.8 Å². The quantitative estimate of drug-likeness (QED) is 0.820. The van der Waals surface area contributed by atoms with Crippen molar-refractivity contribution in [2.45, 2.75) is 58.4 Å². The van der Waals surface area contributed by atoms with Crippen LogP contribution in [0.15, 0.2) is 0 Å². The summed E-state index contributed by atoms with van der Waals surface area (Å²) in [6.07, 6.45) is 6.08. The molecule has 0 spiro atoms. The van der Waals surface area contributed by atoms with Crippen LogP contribution in [0.5, 0.6) is 0 Å². The molecule has 1 aliphatic heterocycles. The molecule has 1 heterocycles. The summed E-state index contributed by atoms with van der Waals surface area (Å²) in [5.41, 5.74) is 5.92. The van der Waals surface area contributed by atoms with Gasteiger partial charge in [-0.3, -0.25) is 4.79 Å². The van der Waals surface area contributed by atoms with Crippen LogP contribution in [0.25, 0.3) is 0 Å². The van der Waals surface area contributed by atoms with Gasteiger partial charge in [-0.25, -0.2) is 0 Å². The lowest BCUT2D eigenvalue weighted by molar-refractivity contribution is -0.137. The Hall–Kier alpha value is -0.610. The Bertz CT molecular complexity index is 312. The summed E-state index contributed by atoms with van der Waals surface area (Å²) in [7, 11) is 0. The normalized spacial score (nSPS) is 26.9. The summed E-state index contributed by atoms with van der Waals surface area (Å²) in [4.78, 5) is 12.5. The largest absolute Gasteiger partial charge is 0.381 e. The average molecular weight is 268 g/mol. The molecule has 4 heteroatoms. The third-order valence-corrected chi connectivity index (χ3v) is 5.00. The summed E-state index contributed by atoms with van der Waals surface area (Å²) < 4.78 is 5.36. The van der Waals surface area contributed by atoms with Crippen molar-refractivity contribution in [1.82, 2.24) is 5.32 Å². The van der Waals surface area contributed by atoms with Crippen LogP contribution < -0.4 is 11.1 Å². The Labute approximate surface area is 116 Å². The van der Waals surface area contributed by atoms with Crippen LogP contribution in [0.4, 0.5) is 0 Å². The molecule has 1 aliphatic carbocycles. The lowest BCUT2D eigenvalue weighted by Crippen LogP contribution is -2.52.